The molecule has 0 amide bonds. The van der Waals surface area contributed by atoms with Crippen LogP contribution < -0.4 is 5.69 Å². The molecule has 18 heavy (non-hydrogen) atoms. The van der Waals surface area contributed by atoms with Crippen LogP contribution in [-0.4, -0.2) is 36.6 Å². The minimum absolute atomic E-state index is 0.163. The Morgan fingerprint density at radius 2 is 2.39 bits per heavy atom. The Morgan fingerprint density at radius 1 is 1.61 bits per heavy atom. The smallest absolute Gasteiger partial charge is 0.348 e. The van der Waals surface area contributed by atoms with E-state index in [1.165, 1.54) is 4.57 Å². The normalized spacial score (nSPS) is 10.5. The zero-order valence-corrected chi connectivity index (χ0v) is 10.3. The number of rotatable bonds is 4. The van der Waals surface area contributed by atoms with Gasteiger partial charge in [0.25, 0.3) is 0 Å². The van der Waals surface area contributed by atoms with E-state index in [4.69, 9.17) is 5.11 Å². The van der Waals surface area contributed by atoms with E-state index in [0.29, 0.717) is 16.5 Å². The molecule has 2 aromatic rings. The lowest BCUT2D eigenvalue weighted by Gasteiger charge is -2.06. The lowest BCUT2D eigenvalue weighted by Crippen LogP contribution is -2.17. The number of H-pyrrole nitrogens is 1. The maximum Gasteiger partial charge on any atom is 0.348 e. The average molecular weight is 266 g/mol. The lowest BCUT2D eigenvalue weighted by molar-refractivity contribution is -0.133. The molecule has 7 nitrogen and oxygen atoms in total. The first kappa shape index (κ1) is 12.4. The zero-order chi connectivity index (χ0) is 13.1. The third-order valence-corrected chi connectivity index (χ3v) is 3.11. The molecular weight excluding hydrogens is 256 g/mol. The van der Waals surface area contributed by atoms with Gasteiger partial charge in [-0.15, -0.1) is 5.10 Å². The molecule has 0 atom stereocenters. The summed E-state index contributed by atoms with van der Waals surface area (Å²) in [6.45, 7) is 1.76. The van der Waals surface area contributed by atoms with Crippen molar-refractivity contribution in [3.05, 3.63) is 34.5 Å². The molecule has 0 aliphatic heterocycles. The molecule has 0 fully saturated rings. The summed E-state index contributed by atoms with van der Waals surface area (Å²) in [4.78, 5) is 26.3. The number of aryl methyl sites for hydroxylation is 1. The summed E-state index contributed by atoms with van der Waals surface area (Å²) < 4.78 is 1.32. The van der Waals surface area contributed by atoms with Crippen LogP contribution in [0.4, 0.5) is 0 Å². The van der Waals surface area contributed by atoms with Gasteiger partial charge in [-0.2, -0.15) is 0 Å². The molecule has 0 aliphatic rings. The van der Waals surface area contributed by atoms with Crippen molar-refractivity contribution in [1.82, 2.24) is 19.7 Å². The molecule has 2 aromatic heterocycles. The largest absolute Gasteiger partial charge is 0.481 e. The number of aliphatic carboxylic acids is 1. The number of hydrogen-bond donors (Lipinski definition) is 2. The second-order valence-electron chi connectivity index (χ2n) is 3.44. The van der Waals surface area contributed by atoms with Crippen molar-refractivity contribution in [2.75, 3.05) is 5.75 Å². The number of pyridine rings is 1. The van der Waals surface area contributed by atoms with Crippen LogP contribution in [0.25, 0.3) is 5.69 Å². The fourth-order valence-corrected chi connectivity index (χ4v) is 2.10. The first-order chi connectivity index (χ1) is 8.59. The Morgan fingerprint density at radius 3 is 3.06 bits per heavy atom. The molecule has 8 heteroatoms. The third kappa shape index (κ3) is 2.43. The van der Waals surface area contributed by atoms with Crippen molar-refractivity contribution in [3.8, 4) is 5.69 Å². The molecule has 0 aliphatic carbocycles. The van der Waals surface area contributed by atoms with Gasteiger partial charge in [0.15, 0.2) is 5.16 Å². The fourth-order valence-electron chi connectivity index (χ4n) is 1.43. The van der Waals surface area contributed by atoms with Crippen LogP contribution >= 0.6 is 11.8 Å². The maximum atomic E-state index is 11.7. The van der Waals surface area contributed by atoms with Crippen molar-refractivity contribution in [1.29, 1.82) is 0 Å². The van der Waals surface area contributed by atoms with E-state index in [-0.39, 0.29) is 5.75 Å². The van der Waals surface area contributed by atoms with Gasteiger partial charge in [0.05, 0.1) is 17.1 Å². The molecule has 2 rings (SSSR count). The predicted octanol–water partition coefficient (Wildman–Crippen LogP) is 0.441. The Kier molecular flexibility index (Phi) is 3.47. The van der Waals surface area contributed by atoms with Gasteiger partial charge in [-0.05, 0) is 19.1 Å². The number of carboxylic acids is 1. The molecule has 2 N–H and O–H groups in total. The van der Waals surface area contributed by atoms with Crippen molar-refractivity contribution >= 4 is 17.7 Å². The number of aromatic amines is 1. The predicted molar refractivity (Wildman–Crippen MR) is 65.1 cm³/mol. The molecule has 0 aromatic carbocycles. The number of carbonyl (C=O) groups is 1. The molecule has 0 spiro atoms. The van der Waals surface area contributed by atoms with Crippen LogP contribution in [0.15, 0.2) is 28.3 Å². The number of hydrogen-bond acceptors (Lipinski definition) is 5. The van der Waals surface area contributed by atoms with Crippen molar-refractivity contribution in [2.24, 2.45) is 0 Å². The van der Waals surface area contributed by atoms with Crippen LogP contribution in [0.3, 0.4) is 0 Å². The maximum absolute atomic E-state index is 11.7. The summed E-state index contributed by atoms with van der Waals surface area (Å²) in [6.07, 6.45) is 1.62. The second kappa shape index (κ2) is 5.05. The van der Waals surface area contributed by atoms with E-state index < -0.39 is 11.7 Å². The van der Waals surface area contributed by atoms with E-state index in [2.05, 4.69) is 15.2 Å². The molecule has 0 bridgehead atoms. The van der Waals surface area contributed by atoms with Crippen LogP contribution in [0.1, 0.15) is 5.69 Å². The molecule has 0 radical (unpaired) electrons. The number of thioether (sulfide) groups is 1. The quantitative estimate of drug-likeness (QED) is 0.779. The molecule has 0 unspecified atom stereocenters. The zero-order valence-electron chi connectivity index (χ0n) is 9.45. The number of nitrogens with zero attached hydrogens (tertiary/aromatic N) is 3. The van der Waals surface area contributed by atoms with Gasteiger partial charge in [-0.1, -0.05) is 11.8 Å². The highest BCUT2D eigenvalue weighted by molar-refractivity contribution is 7.99. The Labute approximate surface area is 106 Å². The van der Waals surface area contributed by atoms with Crippen molar-refractivity contribution < 1.29 is 9.90 Å². The molecule has 94 valence electrons. The van der Waals surface area contributed by atoms with Gasteiger partial charge in [-0.25, -0.2) is 14.5 Å². The lowest BCUT2D eigenvalue weighted by atomic mass is 10.3. The molecular formula is C10H10N4O3S. The fraction of sp³-hybridized carbons (Fsp3) is 0.200. The number of aromatic nitrogens is 4. The standard InChI is InChI=1S/C10H10N4O3S/c1-6-7(3-2-4-11-6)14-9(17)12-13-10(14)18-5-8(15)16/h2-4H,5H2,1H3,(H,12,17)(H,15,16). The van der Waals surface area contributed by atoms with Crippen molar-refractivity contribution in [2.45, 2.75) is 12.1 Å². The van der Waals surface area contributed by atoms with Crippen LogP contribution in [-0.2, 0) is 4.79 Å². The summed E-state index contributed by atoms with van der Waals surface area (Å²) >= 11 is 0.973. The average Bonchev–Trinajstić information content (AvgIpc) is 2.69. The number of carboxylic acid groups (broad SMARTS) is 1. The van der Waals surface area contributed by atoms with Crippen LogP contribution in [0.2, 0.25) is 0 Å². The van der Waals surface area contributed by atoms with Gasteiger partial charge in [0.2, 0.25) is 0 Å². The Balaban J connectivity index is 2.44. The highest BCUT2D eigenvalue weighted by Gasteiger charge is 2.14. The summed E-state index contributed by atoms with van der Waals surface area (Å²) in [7, 11) is 0. The van der Waals surface area contributed by atoms with E-state index in [1.807, 2.05) is 0 Å². The van der Waals surface area contributed by atoms with Gasteiger partial charge >= 0.3 is 11.7 Å². The molecule has 0 saturated carbocycles. The highest BCUT2D eigenvalue weighted by atomic mass is 32.2. The van der Waals surface area contributed by atoms with Crippen molar-refractivity contribution in [3.63, 3.8) is 0 Å². The van der Waals surface area contributed by atoms with Gasteiger partial charge in [-0.3, -0.25) is 9.78 Å². The number of nitrogens with one attached hydrogen (secondary N) is 1. The van der Waals surface area contributed by atoms with E-state index >= 15 is 0 Å². The second-order valence-corrected chi connectivity index (χ2v) is 4.38. The Bertz CT molecular complexity index is 634. The van der Waals surface area contributed by atoms with Crippen LogP contribution in [0, 0.1) is 6.92 Å². The van der Waals surface area contributed by atoms with Gasteiger partial charge in [0, 0.05) is 6.20 Å². The minimum atomic E-state index is -0.968. The van der Waals surface area contributed by atoms with E-state index in [0.717, 1.165) is 11.8 Å². The summed E-state index contributed by atoms with van der Waals surface area (Å²) in [5.74, 6) is -1.13. The first-order valence-electron chi connectivity index (χ1n) is 5.03. The van der Waals surface area contributed by atoms with Gasteiger partial charge in [0.1, 0.15) is 0 Å². The third-order valence-electron chi connectivity index (χ3n) is 2.19. The summed E-state index contributed by atoms with van der Waals surface area (Å²) in [6, 6.07) is 3.43. The molecule has 2 heterocycles. The minimum Gasteiger partial charge on any atom is -0.481 e. The van der Waals surface area contributed by atoms with E-state index in [1.54, 1.807) is 25.3 Å². The first-order valence-corrected chi connectivity index (χ1v) is 6.02. The van der Waals surface area contributed by atoms with Crippen LogP contribution in [0.5, 0.6) is 0 Å². The molecule has 0 saturated heterocycles. The van der Waals surface area contributed by atoms with Gasteiger partial charge < -0.3 is 5.11 Å². The van der Waals surface area contributed by atoms with E-state index in [9.17, 15) is 9.59 Å². The summed E-state index contributed by atoms with van der Waals surface area (Å²) in [5.41, 5.74) is 0.835. The topological polar surface area (TPSA) is 101 Å². The summed E-state index contributed by atoms with van der Waals surface area (Å²) in [5, 5.41) is 15.0. The monoisotopic (exact) mass is 266 g/mol. The Hall–Kier alpha value is -2.09. The SMILES string of the molecule is Cc1ncccc1-n1c(SCC(=O)O)n[nH]c1=O. The highest BCUT2D eigenvalue weighted by Crippen LogP contribution is 2.18.